The first-order chi connectivity index (χ1) is 8.16. The molecule has 86 valence electrons. The molecule has 0 saturated heterocycles. The number of aryl methyl sites for hydroxylation is 1. The van der Waals surface area contributed by atoms with Crippen LogP contribution in [0, 0.1) is 6.92 Å². The molecular weight excluding hydrogens is 238 g/mol. The summed E-state index contributed by atoms with van der Waals surface area (Å²) in [4.78, 5) is 19.8. The highest BCUT2D eigenvalue weighted by molar-refractivity contribution is 6.29. The highest BCUT2D eigenvalue weighted by atomic mass is 35.5. The Balaban J connectivity index is 2.17. The van der Waals surface area contributed by atoms with Gasteiger partial charge in [0.2, 0.25) is 0 Å². The van der Waals surface area contributed by atoms with Crippen molar-refractivity contribution in [2.24, 2.45) is 0 Å². The fraction of sp³-hybridized carbons (Fsp3) is 0.0833. The molecular formula is C12H10ClN3O. The fourth-order valence-corrected chi connectivity index (χ4v) is 1.42. The van der Waals surface area contributed by atoms with Crippen molar-refractivity contribution in [1.82, 2.24) is 9.97 Å². The van der Waals surface area contributed by atoms with E-state index in [1.165, 1.54) is 6.20 Å². The number of nitrogens with one attached hydrogen (secondary N) is 1. The zero-order chi connectivity index (χ0) is 12.3. The first kappa shape index (κ1) is 11.5. The number of nitrogens with zero attached hydrogens (tertiary/aromatic N) is 2. The summed E-state index contributed by atoms with van der Waals surface area (Å²) in [7, 11) is 0. The second kappa shape index (κ2) is 4.93. The van der Waals surface area contributed by atoms with Crippen molar-refractivity contribution in [1.29, 1.82) is 0 Å². The van der Waals surface area contributed by atoms with Crippen LogP contribution in [0.25, 0.3) is 0 Å². The van der Waals surface area contributed by atoms with Gasteiger partial charge >= 0.3 is 0 Å². The van der Waals surface area contributed by atoms with Crippen LogP contribution in [0.1, 0.15) is 15.9 Å². The second-order valence-electron chi connectivity index (χ2n) is 3.49. The zero-order valence-electron chi connectivity index (χ0n) is 9.14. The maximum atomic E-state index is 11.8. The third-order valence-corrected chi connectivity index (χ3v) is 2.45. The molecule has 0 unspecified atom stereocenters. The van der Waals surface area contributed by atoms with Gasteiger partial charge in [-0.1, -0.05) is 17.7 Å². The van der Waals surface area contributed by atoms with Crippen LogP contribution in [0.15, 0.2) is 36.7 Å². The Bertz CT molecular complexity index is 540. The van der Waals surface area contributed by atoms with Crippen molar-refractivity contribution in [3.8, 4) is 0 Å². The van der Waals surface area contributed by atoms with E-state index < -0.39 is 0 Å². The summed E-state index contributed by atoms with van der Waals surface area (Å²) in [5.41, 5.74) is 1.35. The van der Waals surface area contributed by atoms with E-state index in [1.807, 2.05) is 19.1 Å². The minimum absolute atomic E-state index is 0.254. The van der Waals surface area contributed by atoms with E-state index in [0.29, 0.717) is 16.5 Å². The minimum Gasteiger partial charge on any atom is -0.306 e. The van der Waals surface area contributed by atoms with E-state index in [1.54, 1.807) is 18.3 Å². The summed E-state index contributed by atoms with van der Waals surface area (Å²) in [6.45, 7) is 1.88. The molecule has 0 aliphatic carbocycles. The molecule has 0 aliphatic rings. The lowest BCUT2D eigenvalue weighted by molar-refractivity contribution is 0.102. The molecule has 0 radical (unpaired) electrons. The minimum atomic E-state index is -0.254. The normalized spacial score (nSPS) is 10.0. The topological polar surface area (TPSA) is 54.9 Å². The van der Waals surface area contributed by atoms with Crippen molar-refractivity contribution < 1.29 is 4.79 Å². The predicted octanol–water partition coefficient (Wildman–Crippen LogP) is 2.69. The van der Waals surface area contributed by atoms with E-state index in [9.17, 15) is 4.79 Å². The summed E-state index contributed by atoms with van der Waals surface area (Å²) >= 11 is 5.65. The number of carbonyl (C=O) groups is 1. The number of carbonyl (C=O) groups excluding carboxylic acids is 1. The zero-order valence-corrected chi connectivity index (χ0v) is 9.90. The fourth-order valence-electron chi connectivity index (χ4n) is 1.31. The van der Waals surface area contributed by atoms with Crippen LogP contribution >= 0.6 is 11.6 Å². The van der Waals surface area contributed by atoms with E-state index in [4.69, 9.17) is 11.6 Å². The highest BCUT2D eigenvalue weighted by Crippen LogP contribution is 2.12. The van der Waals surface area contributed by atoms with Gasteiger partial charge in [-0.3, -0.25) is 4.79 Å². The molecule has 2 heterocycles. The lowest BCUT2D eigenvalue weighted by Gasteiger charge is -2.06. The smallest absolute Gasteiger partial charge is 0.258 e. The Labute approximate surface area is 104 Å². The molecule has 0 saturated carbocycles. The van der Waals surface area contributed by atoms with Crippen LogP contribution in [0.4, 0.5) is 5.82 Å². The van der Waals surface area contributed by atoms with Crippen molar-refractivity contribution in [3.63, 3.8) is 0 Å². The summed E-state index contributed by atoms with van der Waals surface area (Å²) in [6, 6.07) is 6.88. The molecule has 0 bridgehead atoms. The van der Waals surface area contributed by atoms with Gasteiger partial charge in [-0.2, -0.15) is 0 Å². The lowest BCUT2D eigenvalue weighted by atomic mass is 10.2. The van der Waals surface area contributed by atoms with Crippen LogP contribution in [-0.4, -0.2) is 15.9 Å². The van der Waals surface area contributed by atoms with Gasteiger partial charge in [0.15, 0.2) is 0 Å². The quantitative estimate of drug-likeness (QED) is 0.830. The van der Waals surface area contributed by atoms with Gasteiger partial charge in [-0.25, -0.2) is 9.97 Å². The Morgan fingerprint density at radius 2 is 2.12 bits per heavy atom. The van der Waals surface area contributed by atoms with E-state index in [-0.39, 0.29) is 5.91 Å². The number of amides is 1. The van der Waals surface area contributed by atoms with Gasteiger partial charge < -0.3 is 5.32 Å². The first-order valence-electron chi connectivity index (χ1n) is 5.01. The van der Waals surface area contributed by atoms with Gasteiger partial charge in [-0.05, 0) is 30.7 Å². The van der Waals surface area contributed by atoms with Gasteiger partial charge in [0.05, 0.1) is 5.56 Å². The van der Waals surface area contributed by atoms with Gasteiger partial charge in [0, 0.05) is 12.4 Å². The second-order valence-corrected chi connectivity index (χ2v) is 3.88. The maximum absolute atomic E-state index is 11.8. The average Bonchev–Trinajstić information content (AvgIpc) is 2.33. The summed E-state index contributed by atoms with van der Waals surface area (Å²) in [5, 5.41) is 3.07. The summed E-state index contributed by atoms with van der Waals surface area (Å²) in [5.74, 6) is 0.295. The molecule has 0 fully saturated rings. The number of aromatic nitrogens is 2. The predicted molar refractivity (Wildman–Crippen MR) is 66.2 cm³/mol. The number of hydrogen-bond acceptors (Lipinski definition) is 3. The molecule has 4 nitrogen and oxygen atoms in total. The Hall–Kier alpha value is -1.94. The molecule has 0 spiro atoms. The third-order valence-electron chi connectivity index (χ3n) is 2.23. The first-order valence-corrected chi connectivity index (χ1v) is 5.39. The average molecular weight is 248 g/mol. The molecule has 1 N–H and O–H groups in total. The van der Waals surface area contributed by atoms with E-state index in [2.05, 4.69) is 15.3 Å². The highest BCUT2D eigenvalue weighted by Gasteiger charge is 2.08. The van der Waals surface area contributed by atoms with Crippen molar-refractivity contribution in [3.05, 3.63) is 52.9 Å². The van der Waals surface area contributed by atoms with E-state index in [0.717, 1.165) is 5.56 Å². The number of pyridine rings is 2. The monoisotopic (exact) mass is 247 g/mol. The number of halogens is 1. The van der Waals surface area contributed by atoms with Crippen molar-refractivity contribution in [2.75, 3.05) is 5.32 Å². The SMILES string of the molecule is Cc1cccnc1NC(=O)c1ccc(Cl)nc1. The van der Waals surface area contributed by atoms with Crippen molar-refractivity contribution in [2.45, 2.75) is 6.92 Å². The molecule has 2 rings (SSSR count). The summed E-state index contributed by atoms with van der Waals surface area (Å²) in [6.07, 6.45) is 3.05. The number of anilines is 1. The van der Waals surface area contributed by atoms with Gasteiger partial charge in [-0.15, -0.1) is 0 Å². The molecule has 2 aromatic heterocycles. The summed E-state index contributed by atoms with van der Waals surface area (Å²) < 4.78 is 0. The van der Waals surface area contributed by atoms with Crippen LogP contribution in [0.2, 0.25) is 5.15 Å². The largest absolute Gasteiger partial charge is 0.306 e. The molecule has 0 aliphatic heterocycles. The standard InChI is InChI=1S/C12H10ClN3O/c1-8-3-2-6-14-11(8)16-12(17)9-4-5-10(13)15-7-9/h2-7H,1H3,(H,14,16,17). The van der Waals surface area contributed by atoms with Crippen LogP contribution < -0.4 is 5.32 Å². The molecule has 1 amide bonds. The van der Waals surface area contributed by atoms with Gasteiger partial charge in [0.1, 0.15) is 11.0 Å². The van der Waals surface area contributed by atoms with Gasteiger partial charge in [0.25, 0.3) is 5.91 Å². The lowest BCUT2D eigenvalue weighted by Crippen LogP contribution is -2.14. The molecule has 2 aromatic rings. The molecule has 0 atom stereocenters. The maximum Gasteiger partial charge on any atom is 0.258 e. The molecule has 5 heteroatoms. The van der Waals surface area contributed by atoms with Crippen LogP contribution in [0.5, 0.6) is 0 Å². The van der Waals surface area contributed by atoms with Crippen LogP contribution in [-0.2, 0) is 0 Å². The van der Waals surface area contributed by atoms with E-state index >= 15 is 0 Å². The third kappa shape index (κ3) is 2.79. The Morgan fingerprint density at radius 3 is 2.76 bits per heavy atom. The number of rotatable bonds is 2. The molecule has 17 heavy (non-hydrogen) atoms. The Morgan fingerprint density at radius 1 is 1.29 bits per heavy atom. The molecule has 0 aromatic carbocycles. The Kier molecular flexibility index (Phi) is 3.35. The number of hydrogen-bond donors (Lipinski definition) is 1. The van der Waals surface area contributed by atoms with Crippen molar-refractivity contribution >= 4 is 23.3 Å². The van der Waals surface area contributed by atoms with Crippen LogP contribution in [0.3, 0.4) is 0 Å².